The molecule has 1 saturated heterocycles. The summed E-state index contributed by atoms with van der Waals surface area (Å²) >= 11 is 13.3. The summed E-state index contributed by atoms with van der Waals surface area (Å²) in [6.07, 6.45) is 2.87. The fourth-order valence-electron chi connectivity index (χ4n) is 3.48. The first kappa shape index (κ1) is 23.0. The number of hydrogen-bond donors (Lipinski definition) is 2. The van der Waals surface area contributed by atoms with Gasteiger partial charge in [0.05, 0.1) is 10.9 Å². The fourth-order valence-corrected chi connectivity index (χ4v) is 5.78. The quantitative estimate of drug-likeness (QED) is 0.465. The summed E-state index contributed by atoms with van der Waals surface area (Å²) < 4.78 is 27.4. The Bertz CT molecular complexity index is 1210. The van der Waals surface area contributed by atoms with Gasteiger partial charge in [0, 0.05) is 35.3 Å². The highest BCUT2D eigenvalue weighted by Gasteiger charge is 2.32. The monoisotopic (exact) mass is 512 g/mol. The maximum absolute atomic E-state index is 12.8. The molecular formula is C21H22Cl2N4O3S2. The zero-order valence-electron chi connectivity index (χ0n) is 16.8. The van der Waals surface area contributed by atoms with Crippen LogP contribution in [0.5, 0.6) is 0 Å². The van der Waals surface area contributed by atoms with Crippen LogP contribution in [-0.2, 0) is 21.2 Å². The van der Waals surface area contributed by atoms with Gasteiger partial charge in [-0.15, -0.1) is 11.3 Å². The molecule has 1 atom stereocenters. The van der Waals surface area contributed by atoms with E-state index < -0.39 is 10.0 Å². The van der Waals surface area contributed by atoms with E-state index in [1.807, 2.05) is 6.07 Å². The molecule has 1 aliphatic heterocycles. The van der Waals surface area contributed by atoms with Gasteiger partial charge in [-0.2, -0.15) is 0 Å². The number of sulfonamides is 1. The van der Waals surface area contributed by atoms with Gasteiger partial charge in [0.1, 0.15) is 0 Å². The zero-order chi connectivity index (χ0) is 22.7. The summed E-state index contributed by atoms with van der Waals surface area (Å²) in [5.41, 5.74) is 1.63. The Morgan fingerprint density at radius 1 is 1.19 bits per heavy atom. The lowest BCUT2D eigenvalue weighted by Gasteiger charge is -2.18. The lowest BCUT2D eigenvalue weighted by atomic mass is 10.1. The molecule has 11 heteroatoms. The van der Waals surface area contributed by atoms with Crippen LogP contribution in [0.4, 0.5) is 10.8 Å². The highest BCUT2D eigenvalue weighted by Crippen LogP contribution is 2.25. The van der Waals surface area contributed by atoms with Gasteiger partial charge in [-0.3, -0.25) is 9.52 Å². The molecule has 1 aliphatic rings. The van der Waals surface area contributed by atoms with E-state index in [2.05, 4.69) is 15.0 Å². The van der Waals surface area contributed by atoms with Crippen molar-refractivity contribution in [3.63, 3.8) is 0 Å². The molecule has 2 aromatic carbocycles. The third-order valence-corrected chi connectivity index (χ3v) is 7.88. The van der Waals surface area contributed by atoms with Gasteiger partial charge in [-0.25, -0.2) is 13.4 Å². The number of nitrogens with one attached hydrogen (secondary N) is 2. The summed E-state index contributed by atoms with van der Waals surface area (Å²) in [5.74, 6) is -0.0382. The normalized spacial score (nSPS) is 16.5. The lowest BCUT2D eigenvalue weighted by Crippen LogP contribution is -2.39. The molecule has 1 fully saturated rings. The second-order valence-corrected chi connectivity index (χ2v) is 10.6. The number of benzene rings is 2. The Morgan fingerprint density at radius 3 is 2.66 bits per heavy atom. The first-order valence-electron chi connectivity index (χ1n) is 9.84. The number of amides is 1. The van der Waals surface area contributed by atoms with Crippen LogP contribution in [0.2, 0.25) is 10.0 Å². The van der Waals surface area contributed by atoms with Crippen molar-refractivity contribution in [1.82, 2.24) is 10.3 Å². The van der Waals surface area contributed by atoms with Crippen LogP contribution >= 0.6 is 34.5 Å². The maximum Gasteiger partial charge on any atom is 0.263 e. The minimum atomic E-state index is -3.73. The molecule has 4 rings (SSSR count). The molecule has 3 aromatic rings. The van der Waals surface area contributed by atoms with E-state index in [1.165, 1.54) is 29.7 Å². The largest absolute Gasteiger partial charge is 0.311 e. The third-order valence-electron chi connectivity index (χ3n) is 5.12. The molecule has 0 radical (unpaired) electrons. The Balaban J connectivity index is 0.00000306. The van der Waals surface area contributed by atoms with Crippen LogP contribution in [0.25, 0.3) is 0 Å². The summed E-state index contributed by atoms with van der Waals surface area (Å²) in [6, 6.07) is 11.3. The van der Waals surface area contributed by atoms with Crippen molar-refractivity contribution in [3.05, 3.63) is 69.7 Å². The molecule has 170 valence electrons. The lowest BCUT2D eigenvalue weighted by molar-refractivity contribution is -0.118. The van der Waals surface area contributed by atoms with Crippen molar-refractivity contribution in [1.29, 1.82) is 0 Å². The Kier molecular flexibility index (Phi) is 7.02. The van der Waals surface area contributed by atoms with Gasteiger partial charge >= 0.3 is 0 Å². The standard InChI is InChI=1S/C21H20Cl2N4O3S2.H2/c22-15-2-1-14(18(23)13-15)7-9-24-19-8-11-27(20(19)28)16-3-5-17(6-4-16)32(29,30)26-21-25-10-12-31-21;/h1-6,10,12-13,19,24H,7-9,11H2,(H,25,26);1H/t19-;/m0./s1. The second-order valence-electron chi connectivity index (χ2n) is 7.21. The van der Waals surface area contributed by atoms with Crippen molar-refractivity contribution in [3.8, 4) is 0 Å². The number of aromatic nitrogens is 1. The summed E-state index contributed by atoms with van der Waals surface area (Å²) in [5, 5.41) is 6.48. The number of rotatable bonds is 8. The van der Waals surface area contributed by atoms with Crippen LogP contribution in [-0.4, -0.2) is 38.4 Å². The average Bonchev–Trinajstić information content (AvgIpc) is 3.39. The van der Waals surface area contributed by atoms with Gasteiger partial charge in [0.2, 0.25) is 5.91 Å². The number of carbonyl (C=O) groups excluding carboxylic acids is 1. The molecule has 0 saturated carbocycles. The van der Waals surface area contributed by atoms with Crippen LogP contribution in [0.3, 0.4) is 0 Å². The number of carbonyl (C=O) groups is 1. The highest BCUT2D eigenvalue weighted by molar-refractivity contribution is 7.93. The van der Waals surface area contributed by atoms with Gasteiger partial charge in [-0.05, 0) is 61.3 Å². The van der Waals surface area contributed by atoms with Crippen LogP contribution in [0.15, 0.2) is 58.9 Å². The van der Waals surface area contributed by atoms with Crippen molar-refractivity contribution in [2.45, 2.75) is 23.8 Å². The zero-order valence-corrected chi connectivity index (χ0v) is 19.9. The average molecular weight is 513 g/mol. The Morgan fingerprint density at radius 2 is 1.97 bits per heavy atom. The van der Waals surface area contributed by atoms with E-state index in [0.29, 0.717) is 46.8 Å². The van der Waals surface area contributed by atoms with E-state index in [4.69, 9.17) is 23.2 Å². The van der Waals surface area contributed by atoms with Gasteiger partial charge in [0.25, 0.3) is 10.0 Å². The number of thiazole rings is 1. The molecule has 1 amide bonds. The number of halogens is 2. The van der Waals surface area contributed by atoms with Crippen molar-refractivity contribution in [2.75, 3.05) is 22.7 Å². The van der Waals surface area contributed by atoms with E-state index in [0.717, 1.165) is 5.56 Å². The van der Waals surface area contributed by atoms with Crippen molar-refractivity contribution < 1.29 is 14.6 Å². The molecular weight excluding hydrogens is 491 g/mol. The van der Waals surface area contributed by atoms with Crippen LogP contribution < -0.4 is 14.9 Å². The van der Waals surface area contributed by atoms with Crippen LogP contribution in [0, 0.1) is 0 Å². The summed E-state index contributed by atoms with van der Waals surface area (Å²) in [7, 11) is -3.73. The second kappa shape index (κ2) is 9.76. The van der Waals surface area contributed by atoms with E-state index in [-0.39, 0.29) is 18.3 Å². The predicted octanol–water partition coefficient (Wildman–Crippen LogP) is 4.43. The molecule has 0 bridgehead atoms. The van der Waals surface area contributed by atoms with Crippen LogP contribution in [0.1, 0.15) is 13.4 Å². The smallest absolute Gasteiger partial charge is 0.263 e. The molecule has 0 unspecified atom stereocenters. The van der Waals surface area contributed by atoms with Gasteiger partial charge in [-0.1, -0.05) is 29.3 Å². The van der Waals surface area contributed by atoms with E-state index in [9.17, 15) is 13.2 Å². The molecule has 7 nitrogen and oxygen atoms in total. The molecule has 0 spiro atoms. The SMILES string of the molecule is O=C1[C@@H](NCCc2ccc(Cl)cc2Cl)CCN1c1ccc(S(=O)(=O)Nc2nccs2)cc1.[HH]. The highest BCUT2D eigenvalue weighted by atomic mass is 35.5. The number of nitrogens with zero attached hydrogens (tertiary/aromatic N) is 2. The van der Waals surface area contributed by atoms with Crippen molar-refractivity contribution >= 4 is 61.3 Å². The third kappa shape index (κ3) is 5.24. The predicted molar refractivity (Wildman–Crippen MR) is 130 cm³/mol. The minimum absolute atomic E-state index is 0. The van der Waals surface area contributed by atoms with E-state index >= 15 is 0 Å². The molecule has 2 heterocycles. The topological polar surface area (TPSA) is 91.4 Å². The molecule has 0 aliphatic carbocycles. The summed E-state index contributed by atoms with van der Waals surface area (Å²) in [6.45, 7) is 1.16. The fraction of sp³-hybridized carbons (Fsp3) is 0.238. The van der Waals surface area contributed by atoms with E-state index in [1.54, 1.807) is 34.5 Å². The first-order chi connectivity index (χ1) is 15.3. The van der Waals surface area contributed by atoms with Crippen molar-refractivity contribution in [2.24, 2.45) is 0 Å². The first-order valence-corrected chi connectivity index (χ1v) is 13.0. The minimum Gasteiger partial charge on any atom is -0.311 e. The van der Waals surface area contributed by atoms with Gasteiger partial charge in [0.15, 0.2) is 5.13 Å². The number of anilines is 2. The van der Waals surface area contributed by atoms with Gasteiger partial charge < -0.3 is 10.2 Å². The number of hydrogen-bond acceptors (Lipinski definition) is 6. The molecule has 2 N–H and O–H groups in total. The molecule has 32 heavy (non-hydrogen) atoms. The Hall–Kier alpha value is -2.17. The maximum atomic E-state index is 12.8. The molecule has 1 aromatic heterocycles. The summed E-state index contributed by atoms with van der Waals surface area (Å²) in [4.78, 5) is 18.5. The Labute approximate surface area is 201 Å².